The summed E-state index contributed by atoms with van der Waals surface area (Å²) in [5.41, 5.74) is 6.34. The van der Waals surface area contributed by atoms with Crippen molar-refractivity contribution in [1.82, 2.24) is 4.98 Å². The van der Waals surface area contributed by atoms with Crippen LogP contribution in [0, 0.1) is 5.92 Å². The second-order valence-corrected chi connectivity index (χ2v) is 7.90. The average Bonchev–Trinajstić information content (AvgIpc) is 2.98. The van der Waals surface area contributed by atoms with Crippen LogP contribution in [0.15, 0.2) is 0 Å². The van der Waals surface area contributed by atoms with E-state index in [-0.39, 0.29) is 29.6 Å². The molecule has 2 rings (SSSR count). The lowest BCUT2D eigenvalue weighted by Gasteiger charge is -2.26. The van der Waals surface area contributed by atoms with Gasteiger partial charge in [0.1, 0.15) is 4.88 Å². The number of amides is 1. The molecule has 25 heavy (non-hydrogen) atoms. The predicted molar refractivity (Wildman–Crippen MR) is 99.5 cm³/mol. The molecule has 0 aromatic carbocycles. The molecular weight excluding hydrogens is 366 g/mol. The highest BCUT2D eigenvalue weighted by molar-refractivity contribution is 7.17. The molecule has 1 aliphatic heterocycles. The molecule has 2 heterocycles. The molecule has 3 N–H and O–H groups in total. The maximum Gasteiger partial charge on any atom is 0.350 e. The number of aromatic nitrogens is 1. The molecule has 7 nitrogen and oxygen atoms in total. The van der Waals surface area contributed by atoms with Gasteiger partial charge in [0, 0.05) is 18.6 Å². The lowest BCUT2D eigenvalue weighted by Crippen LogP contribution is -2.44. The highest BCUT2D eigenvalue weighted by atomic mass is 35.5. The Morgan fingerprint density at radius 2 is 1.96 bits per heavy atom. The number of esters is 1. The predicted octanol–water partition coefficient (Wildman–Crippen LogP) is 2.34. The van der Waals surface area contributed by atoms with Gasteiger partial charge in [-0.05, 0) is 18.8 Å². The summed E-state index contributed by atoms with van der Waals surface area (Å²) in [4.78, 5) is 29.2. The van der Waals surface area contributed by atoms with Crippen LogP contribution in [0.4, 0.5) is 5.13 Å². The summed E-state index contributed by atoms with van der Waals surface area (Å²) in [5, 5.41) is 3.11. The number of halogens is 1. The molecule has 142 valence electrons. The number of nitrogens with one attached hydrogen (secondary N) is 1. The van der Waals surface area contributed by atoms with E-state index >= 15 is 0 Å². The number of carbonyl (C=O) groups excluding carboxylic acids is 2. The number of thiazole rings is 1. The summed E-state index contributed by atoms with van der Waals surface area (Å²) in [7, 11) is 1.33. The van der Waals surface area contributed by atoms with Gasteiger partial charge in [0.2, 0.25) is 5.91 Å². The van der Waals surface area contributed by atoms with E-state index in [9.17, 15) is 9.59 Å². The minimum absolute atomic E-state index is 0. The van der Waals surface area contributed by atoms with Gasteiger partial charge in [-0.2, -0.15) is 0 Å². The number of methoxy groups -OCH3 is 1. The van der Waals surface area contributed by atoms with E-state index in [1.54, 1.807) is 0 Å². The van der Waals surface area contributed by atoms with E-state index in [0.29, 0.717) is 28.9 Å². The second-order valence-electron chi connectivity index (χ2n) is 6.90. The van der Waals surface area contributed by atoms with Gasteiger partial charge in [0.15, 0.2) is 5.13 Å². The molecular formula is C16H26ClN3O4S. The SMILES string of the molecule is COC(=O)c1sc(NC(=O)C(N)C2CCOCC2)nc1C(C)(C)C.Cl. The van der Waals surface area contributed by atoms with Gasteiger partial charge in [-0.15, -0.1) is 12.4 Å². The highest BCUT2D eigenvalue weighted by Crippen LogP contribution is 2.32. The van der Waals surface area contributed by atoms with Crippen LogP contribution in [-0.4, -0.2) is 43.2 Å². The number of rotatable bonds is 4. The summed E-state index contributed by atoms with van der Waals surface area (Å²) >= 11 is 1.11. The van der Waals surface area contributed by atoms with E-state index in [2.05, 4.69) is 10.3 Å². The fourth-order valence-corrected chi connectivity index (χ4v) is 3.69. The van der Waals surface area contributed by atoms with Crippen LogP contribution in [0.25, 0.3) is 0 Å². The van der Waals surface area contributed by atoms with Crippen molar-refractivity contribution in [1.29, 1.82) is 0 Å². The van der Waals surface area contributed by atoms with E-state index in [0.717, 1.165) is 24.2 Å². The Hall–Kier alpha value is -1.22. The molecule has 1 fully saturated rings. The zero-order valence-corrected chi connectivity index (χ0v) is 16.6. The number of anilines is 1. The lowest BCUT2D eigenvalue weighted by atomic mass is 9.91. The molecule has 1 unspecified atom stereocenters. The summed E-state index contributed by atoms with van der Waals surface area (Å²) in [6.45, 7) is 7.11. The van der Waals surface area contributed by atoms with Crippen LogP contribution in [-0.2, 0) is 19.7 Å². The molecule has 1 aromatic rings. The van der Waals surface area contributed by atoms with Crippen LogP contribution < -0.4 is 11.1 Å². The normalized spacial score (nSPS) is 16.7. The Bertz CT molecular complexity index is 609. The van der Waals surface area contributed by atoms with Gasteiger partial charge in [-0.25, -0.2) is 9.78 Å². The molecule has 0 aliphatic carbocycles. The molecule has 0 bridgehead atoms. The Labute approximate surface area is 158 Å². The minimum atomic E-state index is -0.613. The molecule has 1 atom stereocenters. The third-order valence-electron chi connectivity index (χ3n) is 4.02. The standard InChI is InChI=1S/C16H25N3O4S.ClH/c1-16(2,3)12-11(14(21)22-4)24-15(18-12)19-13(20)10(17)9-5-7-23-8-6-9;/h9-10H,5-8,17H2,1-4H3,(H,18,19,20);1H. The summed E-state index contributed by atoms with van der Waals surface area (Å²) in [6.07, 6.45) is 1.54. The second kappa shape index (κ2) is 8.93. The van der Waals surface area contributed by atoms with Gasteiger partial charge in [-0.1, -0.05) is 32.1 Å². The molecule has 0 saturated carbocycles. The first-order valence-corrected chi connectivity index (χ1v) is 8.79. The largest absolute Gasteiger partial charge is 0.465 e. The van der Waals surface area contributed by atoms with E-state index in [1.165, 1.54) is 7.11 Å². The molecule has 1 amide bonds. The Morgan fingerprint density at radius 1 is 1.36 bits per heavy atom. The van der Waals surface area contributed by atoms with Crippen molar-refractivity contribution in [2.75, 3.05) is 25.6 Å². The Morgan fingerprint density at radius 3 is 2.48 bits per heavy atom. The topological polar surface area (TPSA) is 104 Å². The number of nitrogens with zero attached hydrogens (tertiary/aromatic N) is 1. The molecule has 1 saturated heterocycles. The third-order valence-corrected chi connectivity index (χ3v) is 4.97. The van der Waals surface area contributed by atoms with Crippen LogP contribution in [0.1, 0.15) is 49.0 Å². The molecule has 1 aliphatic rings. The Balaban J connectivity index is 0.00000312. The van der Waals surface area contributed by atoms with Crippen LogP contribution in [0.2, 0.25) is 0 Å². The van der Waals surface area contributed by atoms with E-state index in [1.807, 2.05) is 20.8 Å². The zero-order chi connectivity index (χ0) is 17.9. The van der Waals surface area contributed by atoms with Gasteiger partial charge in [-0.3, -0.25) is 4.79 Å². The van der Waals surface area contributed by atoms with Gasteiger partial charge in [0.25, 0.3) is 0 Å². The summed E-state index contributed by atoms with van der Waals surface area (Å²) in [6, 6.07) is -0.613. The van der Waals surface area contributed by atoms with Crippen LogP contribution in [0.3, 0.4) is 0 Å². The molecule has 9 heteroatoms. The maximum absolute atomic E-state index is 12.4. The average molecular weight is 392 g/mol. The van der Waals surface area contributed by atoms with Crippen molar-refractivity contribution in [3.63, 3.8) is 0 Å². The number of nitrogens with two attached hydrogens (primary N) is 1. The third kappa shape index (κ3) is 5.37. The monoisotopic (exact) mass is 391 g/mol. The zero-order valence-electron chi connectivity index (χ0n) is 15.0. The van der Waals surface area contributed by atoms with Crippen molar-refractivity contribution in [3.8, 4) is 0 Å². The van der Waals surface area contributed by atoms with Gasteiger partial charge < -0.3 is 20.5 Å². The quantitative estimate of drug-likeness (QED) is 0.763. The number of carbonyl (C=O) groups is 2. The first-order valence-electron chi connectivity index (χ1n) is 7.98. The van der Waals surface area contributed by atoms with Gasteiger partial charge >= 0.3 is 5.97 Å². The van der Waals surface area contributed by atoms with Gasteiger partial charge in [0.05, 0.1) is 18.8 Å². The fraction of sp³-hybridized carbons (Fsp3) is 0.688. The first kappa shape index (κ1) is 21.8. The minimum Gasteiger partial charge on any atom is -0.465 e. The van der Waals surface area contributed by atoms with E-state index < -0.39 is 12.0 Å². The van der Waals surface area contributed by atoms with Crippen molar-refractivity contribution >= 4 is 40.8 Å². The number of hydrogen-bond acceptors (Lipinski definition) is 7. The summed E-state index contributed by atoms with van der Waals surface area (Å²) < 4.78 is 10.1. The smallest absolute Gasteiger partial charge is 0.350 e. The fourth-order valence-electron chi connectivity index (χ4n) is 2.59. The maximum atomic E-state index is 12.4. The van der Waals surface area contributed by atoms with Crippen LogP contribution in [0.5, 0.6) is 0 Å². The number of hydrogen-bond donors (Lipinski definition) is 2. The van der Waals surface area contributed by atoms with Crippen molar-refractivity contribution < 1.29 is 19.1 Å². The molecule has 0 radical (unpaired) electrons. The van der Waals surface area contributed by atoms with E-state index in [4.69, 9.17) is 15.2 Å². The lowest BCUT2D eigenvalue weighted by molar-refractivity contribution is -0.119. The highest BCUT2D eigenvalue weighted by Gasteiger charge is 2.30. The van der Waals surface area contributed by atoms with Crippen molar-refractivity contribution in [3.05, 3.63) is 10.6 Å². The van der Waals surface area contributed by atoms with Crippen molar-refractivity contribution in [2.24, 2.45) is 11.7 Å². The summed E-state index contributed by atoms with van der Waals surface area (Å²) in [5.74, 6) is -0.639. The Kier molecular flexibility index (Phi) is 7.80. The van der Waals surface area contributed by atoms with Crippen LogP contribution >= 0.6 is 23.7 Å². The van der Waals surface area contributed by atoms with Crippen molar-refractivity contribution in [2.45, 2.75) is 45.1 Å². The first-order chi connectivity index (χ1) is 11.2. The number of ether oxygens (including phenoxy) is 2. The molecule has 1 aromatic heterocycles. The molecule has 0 spiro atoms.